The topological polar surface area (TPSA) is 52.6 Å². The molecule has 0 heterocycles. The fraction of sp³-hybridized carbons (Fsp3) is 0.417. The molecule has 0 aromatic heterocycles. The zero-order valence-electron chi connectivity index (χ0n) is 10.2. The number of likely N-dealkylation sites (N-methyl/N-ethyl adjacent to an activating group) is 1. The van der Waals surface area contributed by atoms with Gasteiger partial charge in [0.1, 0.15) is 5.82 Å². The Labute approximate surface area is 100 Å². The van der Waals surface area contributed by atoms with Crippen LogP contribution in [0.5, 0.6) is 0 Å². The van der Waals surface area contributed by atoms with Gasteiger partial charge in [0.2, 0.25) is 0 Å². The van der Waals surface area contributed by atoms with Gasteiger partial charge < -0.3 is 15.3 Å². The molecule has 0 bridgehead atoms. The van der Waals surface area contributed by atoms with Crippen LogP contribution in [0.3, 0.4) is 0 Å². The maximum absolute atomic E-state index is 13.3. The van der Waals surface area contributed by atoms with E-state index in [1.165, 1.54) is 17.0 Å². The molecule has 1 aromatic carbocycles. The van der Waals surface area contributed by atoms with Gasteiger partial charge in [0.25, 0.3) is 0 Å². The summed E-state index contributed by atoms with van der Waals surface area (Å²) in [6.45, 7) is 3.26. The Balaban J connectivity index is 2.77. The summed E-state index contributed by atoms with van der Waals surface area (Å²) < 4.78 is 13.3. The van der Waals surface area contributed by atoms with Crippen molar-refractivity contribution in [1.29, 1.82) is 0 Å². The highest BCUT2D eigenvalue weighted by Gasteiger charge is 2.27. The van der Waals surface area contributed by atoms with E-state index in [0.717, 1.165) is 0 Å². The number of aliphatic hydroxyl groups is 1. The third-order valence-electron chi connectivity index (χ3n) is 2.72. The van der Waals surface area contributed by atoms with Crippen molar-refractivity contribution in [2.24, 2.45) is 0 Å². The third kappa shape index (κ3) is 3.17. The minimum atomic E-state index is -0.699. The number of anilines is 1. The van der Waals surface area contributed by atoms with Gasteiger partial charge >= 0.3 is 6.03 Å². The lowest BCUT2D eigenvalue weighted by Gasteiger charge is -2.33. The van der Waals surface area contributed by atoms with Gasteiger partial charge in [-0.3, -0.25) is 0 Å². The van der Waals surface area contributed by atoms with Crippen LogP contribution in [0.15, 0.2) is 24.3 Å². The van der Waals surface area contributed by atoms with Crippen LogP contribution in [-0.2, 0) is 0 Å². The van der Waals surface area contributed by atoms with E-state index in [2.05, 4.69) is 5.32 Å². The van der Waals surface area contributed by atoms with Crippen molar-refractivity contribution >= 4 is 11.7 Å². The van der Waals surface area contributed by atoms with E-state index >= 15 is 0 Å². The van der Waals surface area contributed by atoms with Gasteiger partial charge in [0.05, 0.1) is 17.8 Å². The number of hydrogen-bond acceptors (Lipinski definition) is 2. The number of urea groups is 1. The molecule has 1 aromatic rings. The fourth-order valence-corrected chi connectivity index (χ4v) is 1.14. The van der Waals surface area contributed by atoms with E-state index in [0.29, 0.717) is 0 Å². The van der Waals surface area contributed by atoms with Gasteiger partial charge in [-0.25, -0.2) is 9.18 Å². The summed E-state index contributed by atoms with van der Waals surface area (Å²) in [5.41, 5.74) is -0.576. The predicted molar refractivity (Wildman–Crippen MR) is 64.3 cm³/mol. The maximum atomic E-state index is 13.3. The Kier molecular flexibility index (Phi) is 4.07. The minimum absolute atomic E-state index is 0.123. The van der Waals surface area contributed by atoms with Crippen molar-refractivity contribution in [3.63, 3.8) is 0 Å². The smallest absolute Gasteiger partial charge is 0.322 e. The third-order valence-corrected chi connectivity index (χ3v) is 2.72. The average molecular weight is 240 g/mol. The van der Waals surface area contributed by atoms with Crippen molar-refractivity contribution in [3.05, 3.63) is 30.1 Å². The number of amides is 2. The normalized spacial score (nSPS) is 11.1. The summed E-state index contributed by atoms with van der Waals surface area (Å²) in [5, 5.41) is 11.6. The van der Waals surface area contributed by atoms with Crippen LogP contribution in [0.2, 0.25) is 0 Å². The second-order valence-electron chi connectivity index (χ2n) is 4.44. The van der Waals surface area contributed by atoms with Crippen LogP contribution in [-0.4, -0.2) is 35.2 Å². The summed E-state index contributed by atoms with van der Waals surface area (Å²) in [4.78, 5) is 13.1. The number of carbonyl (C=O) groups excluding carboxylic acids is 1. The molecule has 2 N–H and O–H groups in total. The molecule has 0 fully saturated rings. The molecule has 17 heavy (non-hydrogen) atoms. The number of para-hydroxylation sites is 1. The summed E-state index contributed by atoms with van der Waals surface area (Å²) >= 11 is 0. The summed E-state index contributed by atoms with van der Waals surface area (Å²) in [6, 6.07) is 5.47. The number of benzene rings is 1. The molecule has 0 spiro atoms. The first-order valence-corrected chi connectivity index (χ1v) is 5.28. The molecule has 0 atom stereocenters. The lowest BCUT2D eigenvalue weighted by atomic mass is 10.1. The molecule has 0 unspecified atom stereocenters. The molecule has 0 aliphatic carbocycles. The number of nitrogens with zero attached hydrogens (tertiary/aromatic N) is 1. The monoisotopic (exact) mass is 240 g/mol. The maximum Gasteiger partial charge on any atom is 0.322 e. The van der Waals surface area contributed by atoms with Gasteiger partial charge in [-0.05, 0) is 26.0 Å². The molecule has 0 saturated heterocycles. The molecule has 4 nitrogen and oxygen atoms in total. The van der Waals surface area contributed by atoms with Crippen LogP contribution in [0.1, 0.15) is 13.8 Å². The Hall–Kier alpha value is -1.62. The Bertz CT molecular complexity index is 407. The van der Waals surface area contributed by atoms with E-state index < -0.39 is 17.4 Å². The molecule has 0 radical (unpaired) electrons. The highest BCUT2D eigenvalue weighted by atomic mass is 19.1. The van der Waals surface area contributed by atoms with Crippen molar-refractivity contribution in [2.75, 3.05) is 19.0 Å². The van der Waals surface area contributed by atoms with Gasteiger partial charge in [0, 0.05) is 7.05 Å². The Morgan fingerprint density at radius 3 is 2.59 bits per heavy atom. The Morgan fingerprint density at radius 1 is 1.47 bits per heavy atom. The molecular weight excluding hydrogens is 223 g/mol. The first kappa shape index (κ1) is 13.4. The minimum Gasteiger partial charge on any atom is -0.394 e. The largest absolute Gasteiger partial charge is 0.394 e. The van der Waals surface area contributed by atoms with E-state index in [-0.39, 0.29) is 12.3 Å². The van der Waals surface area contributed by atoms with Gasteiger partial charge in [-0.15, -0.1) is 0 Å². The van der Waals surface area contributed by atoms with Gasteiger partial charge in [-0.1, -0.05) is 12.1 Å². The van der Waals surface area contributed by atoms with Gasteiger partial charge in [0.15, 0.2) is 0 Å². The van der Waals surface area contributed by atoms with Crippen molar-refractivity contribution in [1.82, 2.24) is 4.90 Å². The predicted octanol–water partition coefficient (Wildman–Crippen LogP) is 2.06. The van der Waals surface area contributed by atoms with E-state index in [9.17, 15) is 9.18 Å². The van der Waals surface area contributed by atoms with Crippen LogP contribution in [0, 0.1) is 5.82 Å². The standard InChI is InChI=1S/C12H17FN2O2/c1-12(2,8-16)15(3)11(17)14-10-7-5-4-6-9(10)13/h4-7,16H,8H2,1-3H3,(H,14,17). The summed E-state index contributed by atoms with van der Waals surface area (Å²) in [7, 11) is 1.55. The SMILES string of the molecule is CN(C(=O)Nc1ccccc1F)C(C)(C)CO. The van der Waals surface area contributed by atoms with Crippen molar-refractivity contribution in [2.45, 2.75) is 19.4 Å². The number of carbonyl (C=O) groups is 1. The second-order valence-corrected chi connectivity index (χ2v) is 4.44. The zero-order valence-corrected chi connectivity index (χ0v) is 10.2. The number of hydrogen-bond donors (Lipinski definition) is 2. The van der Waals surface area contributed by atoms with Crippen LogP contribution in [0.25, 0.3) is 0 Å². The fourth-order valence-electron chi connectivity index (χ4n) is 1.14. The number of halogens is 1. The first-order valence-electron chi connectivity index (χ1n) is 5.28. The van der Waals surface area contributed by atoms with E-state index in [4.69, 9.17) is 5.11 Å². The van der Waals surface area contributed by atoms with Crippen LogP contribution in [0.4, 0.5) is 14.9 Å². The van der Waals surface area contributed by atoms with Crippen molar-refractivity contribution in [3.8, 4) is 0 Å². The first-order chi connectivity index (χ1) is 7.88. The lowest BCUT2D eigenvalue weighted by molar-refractivity contribution is 0.104. The van der Waals surface area contributed by atoms with E-state index in [1.807, 2.05) is 0 Å². The van der Waals surface area contributed by atoms with Gasteiger partial charge in [-0.2, -0.15) is 0 Å². The quantitative estimate of drug-likeness (QED) is 0.849. The number of aliphatic hydroxyl groups excluding tert-OH is 1. The summed E-state index contributed by atoms with van der Waals surface area (Å²) in [6.07, 6.45) is 0. The highest BCUT2D eigenvalue weighted by molar-refractivity contribution is 5.89. The lowest BCUT2D eigenvalue weighted by Crippen LogP contribution is -2.49. The average Bonchev–Trinajstić information content (AvgIpc) is 2.31. The molecule has 2 amide bonds. The molecule has 0 saturated carbocycles. The molecule has 94 valence electrons. The zero-order chi connectivity index (χ0) is 13.1. The molecule has 0 aliphatic heterocycles. The van der Waals surface area contributed by atoms with Crippen LogP contribution < -0.4 is 5.32 Å². The molecule has 0 aliphatic rings. The number of nitrogens with one attached hydrogen (secondary N) is 1. The molecule has 1 rings (SSSR count). The second kappa shape index (κ2) is 5.14. The molecular formula is C12H17FN2O2. The van der Waals surface area contributed by atoms with E-state index in [1.54, 1.807) is 33.0 Å². The van der Waals surface area contributed by atoms with Crippen molar-refractivity contribution < 1.29 is 14.3 Å². The number of rotatable bonds is 3. The highest BCUT2D eigenvalue weighted by Crippen LogP contribution is 2.16. The Morgan fingerprint density at radius 2 is 2.06 bits per heavy atom. The van der Waals surface area contributed by atoms with Crippen LogP contribution >= 0.6 is 0 Å². The molecule has 5 heteroatoms. The summed E-state index contributed by atoms with van der Waals surface area (Å²) in [5.74, 6) is -0.490.